The number of amides is 1. The van der Waals surface area contributed by atoms with Crippen LogP contribution in [0.15, 0.2) is 0 Å². The molecule has 3 N–H and O–H groups in total. The van der Waals surface area contributed by atoms with Crippen molar-refractivity contribution in [3.63, 3.8) is 0 Å². The van der Waals surface area contributed by atoms with Gasteiger partial charge in [0.25, 0.3) is 0 Å². The standard InChI is InChI=1S/C11H22N2O3S/c1-6-7(12)8(14)13-9-10(2,3)17(15,16)11(9,4)5/h7,9H,6,12H2,1-5H3,(H,13,14)/t7-/m1/s1. The number of sulfone groups is 1. The van der Waals surface area contributed by atoms with Crippen molar-refractivity contribution in [1.82, 2.24) is 5.32 Å². The molecule has 0 aromatic carbocycles. The van der Waals surface area contributed by atoms with Gasteiger partial charge in [-0.3, -0.25) is 4.79 Å². The maximum Gasteiger partial charge on any atom is 0.237 e. The molecule has 1 aliphatic rings. The molecule has 0 bridgehead atoms. The van der Waals surface area contributed by atoms with Gasteiger partial charge < -0.3 is 11.1 Å². The van der Waals surface area contributed by atoms with E-state index in [1.54, 1.807) is 27.7 Å². The lowest BCUT2D eigenvalue weighted by molar-refractivity contribution is -0.123. The Bertz CT molecular complexity index is 404. The monoisotopic (exact) mass is 262 g/mol. The van der Waals surface area contributed by atoms with E-state index in [9.17, 15) is 13.2 Å². The average Bonchev–Trinajstić information content (AvgIpc) is 2.22. The zero-order valence-electron chi connectivity index (χ0n) is 11.1. The summed E-state index contributed by atoms with van der Waals surface area (Å²) in [6.45, 7) is 8.36. The van der Waals surface area contributed by atoms with E-state index >= 15 is 0 Å². The van der Waals surface area contributed by atoms with Gasteiger partial charge in [-0.15, -0.1) is 0 Å². The highest BCUT2D eigenvalue weighted by molar-refractivity contribution is 7.95. The van der Waals surface area contributed by atoms with Crippen molar-refractivity contribution >= 4 is 15.7 Å². The van der Waals surface area contributed by atoms with Crippen LogP contribution in [-0.2, 0) is 14.6 Å². The maximum absolute atomic E-state index is 12.0. The Balaban J connectivity index is 2.91. The summed E-state index contributed by atoms with van der Waals surface area (Å²) in [7, 11) is -3.22. The second kappa shape index (κ2) is 3.95. The number of hydrogen-bond donors (Lipinski definition) is 2. The molecule has 0 aromatic rings. The number of nitrogens with two attached hydrogens (primary N) is 1. The Labute approximate surface area is 103 Å². The highest BCUT2D eigenvalue weighted by atomic mass is 32.2. The van der Waals surface area contributed by atoms with Gasteiger partial charge in [0.15, 0.2) is 9.84 Å². The normalized spacial score (nSPS) is 26.9. The molecule has 6 heteroatoms. The summed E-state index contributed by atoms with van der Waals surface area (Å²) in [6.07, 6.45) is 0.534. The number of nitrogens with one attached hydrogen (secondary N) is 1. The molecule has 0 spiro atoms. The minimum absolute atomic E-state index is 0.284. The third-order valence-electron chi connectivity index (χ3n) is 3.84. The summed E-state index contributed by atoms with van der Waals surface area (Å²) in [4.78, 5) is 11.7. The number of rotatable bonds is 3. The van der Waals surface area contributed by atoms with Crippen molar-refractivity contribution in [3.05, 3.63) is 0 Å². The van der Waals surface area contributed by atoms with Crippen molar-refractivity contribution in [1.29, 1.82) is 0 Å². The Morgan fingerprint density at radius 2 is 1.71 bits per heavy atom. The topological polar surface area (TPSA) is 89.3 Å². The van der Waals surface area contributed by atoms with Crippen LogP contribution in [0.1, 0.15) is 41.0 Å². The zero-order chi connectivity index (χ0) is 13.6. The summed E-state index contributed by atoms with van der Waals surface area (Å²) in [6, 6.07) is -0.977. The Hall–Kier alpha value is -0.620. The fourth-order valence-corrected chi connectivity index (χ4v) is 5.05. The fourth-order valence-electron chi connectivity index (χ4n) is 2.55. The molecule has 0 aliphatic carbocycles. The van der Waals surface area contributed by atoms with E-state index in [2.05, 4.69) is 5.32 Å². The number of carbonyl (C=O) groups excluding carboxylic acids is 1. The van der Waals surface area contributed by atoms with E-state index < -0.39 is 31.4 Å². The van der Waals surface area contributed by atoms with E-state index in [1.165, 1.54) is 0 Å². The van der Waals surface area contributed by atoms with Crippen LogP contribution < -0.4 is 11.1 Å². The van der Waals surface area contributed by atoms with Crippen LogP contribution in [0.5, 0.6) is 0 Å². The molecular formula is C11H22N2O3S. The maximum atomic E-state index is 12.0. The molecule has 1 fully saturated rings. The molecule has 5 nitrogen and oxygen atoms in total. The van der Waals surface area contributed by atoms with Crippen LogP contribution >= 0.6 is 0 Å². The molecule has 0 saturated carbocycles. The lowest BCUT2D eigenvalue weighted by Crippen LogP contribution is -2.78. The Morgan fingerprint density at radius 3 is 2.06 bits per heavy atom. The van der Waals surface area contributed by atoms with Gasteiger partial charge in [0.2, 0.25) is 5.91 Å². The molecular weight excluding hydrogens is 240 g/mol. The molecule has 1 saturated heterocycles. The van der Waals surface area contributed by atoms with E-state index in [-0.39, 0.29) is 5.91 Å². The van der Waals surface area contributed by atoms with Crippen LogP contribution in [-0.4, -0.2) is 35.9 Å². The lowest BCUT2D eigenvalue weighted by atomic mass is 9.89. The van der Waals surface area contributed by atoms with Gasteiger partial charge >= 0.3 is 0 Å². The van der Waals surface area contributed by atoms with Crippen LogP contribution in [0, 0.1) is 0 Å². The first-order valence-electron chi connectivity index (χ1n) is 5.80. The van der Waals surface area contributed by atoms with Gasteiger partial charge in [-0.25, -0.2) is 8.42 Å². The third kappa shape index (κ3) is 1.78. The number of hydrogen-bond acceptors (Lipinski definition) is 4. The average molecular weight is 262 g/mol. The second-order valence-corrected chi connectivity index (χ2v) is 8.78. The molecule has 1 amide bonds. The molecule has 100 valence electrons. The van der Waals surface area contributed by atoms with Crippen LogP contribution in [0.25, 0.3) is 0 Å². The second-order valence-electron chi connectivity index (χ2n) is 5.67. The van der Waals surface area contributed by atoms with Gasteiger partial charge in [-0.05, 0) is 34.1 Å². The van der Waals surface area contributed by atoms with Crippen molar-refractivity contribution in [2.24, 2.45) is 5.73 Å². The zero-order valence-corrected chi connectivity index (χ0v) is 11.9. The van der Waals surface area contributed by atoms with Crippen LogP contribution in [0.2, 0.25) is 0 Å². The summed E-state index contributed by atoms with van der Waals surface area (Å²) in [5.41, 5.74) is 5.63. The molecule has 17 heavy (non-hydrogen) atoms. The Kier molecular flexibility index (Phi) is 3.35. The predicted octanol–water partition coefficient (Wildman–Crippen LogP) is 0.194. The predicted molar refractivity (Wildman–Crippen MR) is 67.3 cm³/mol. The molecule has 1 atom stereocenters. The minimum atomic E-state index is -3.22. The van der Waals surface area contributed by atoms with Gasteiger partial charge in [-0.2, -0.15) is 0 Å². The van der Waals surface area contributed by atoms with Gasteiger partial charge in [0, 0.05) is 0 Å². The quantitative estimate of drug-likeness (QED) is 0.760. The molecule has 1 rings (SSSR count). The van der Waals surface area contributed by atoms with Gasteiger partial charge in [0.05, 0.1) is 21.6 Å². The summed E-state index contributed by atoms with van der Waals surface area (Å²) < 4.78 is 22.2. The van der Waals surface area contributed by atoms with Crippen molar-refractivity contribution in [2.75, 3.05) is 0 Å². The van der Waals surface area contributed by atoms with E-state index in [0.29, 0.717) is 6.42 Å². The largest absolute Gasteiger partial charge is 0.349 e. The highest BCUT2D eigenvalue weighted by Crippen LogP contribution is 2.48. The van der Waals surface area contributed by atoms with Crippen LogP contribution in [0.4, 0.5) is 0 Å². The SMILES string of the molecule is CC[C@@H](N)C(=O)NC1C(C)(C)S(=O)(=O)C1(C)C. The minimum Gasteiger partial charge on any atom is -0.349 e. The van der Waals surface area contributed by atoms with Gasteiger partial charge in [-0.1, -0.05) is 6.92 Å². The van der Waals surface area contributed by atoms with E-state index in [1.807, 2.05) is 6.92 Å². The number of carbonyl (C=O) groups is 1. The smallest absolute Gasteiger partial charge is 0.237 e. The van der Waals surface area contributed by atoms with E-state index in [0.717, 1.165) is 0 Å². The first-order valence-corrected chi connectivity index (χ1v) is 7.28. The third-order valence-corrected chi connectivity index (χ3v) is 7.08. The van der Waals surface area contributed by atoms with Crippen molar-refractivity contribution < 1.29 is 13.2 Å². The molecule has 0 aromatic heterocycles. The summed E-state index contributed by atoms with van der Waals surface area (Å²) in [5, 5.41) is 2.76. The molecule has 1 aliphatic heterocycles. The molecule has 0 radical (unpaired) electrons. The fraction of sp³-hybridized carbons (Fsp3) is 0.909. The first-order chi connectivity index (χ1) is 7.50. The van der Waals surface area contributed by atoms with Crippen LogP contribution in [0.3, 0.4) is 0 Å². The molecule has 0 unspecified atom stereocenters. The summed E-state index contributed by atoms with van der Waals surface area (Å²) >= 11 is 0. The molecule has 1 heterocycles. The first kappa shape index (κ1) is 14.4. The van der Waals surface area contributed by atoms with Crippen molar-refractivity contribution in [3.8, 4) is 0 Å². The lowest BCUT2D eigenvalue weighted by Gasteiger charge is -2.56. The Morgan fingerprint density at radius 1 is 1.29 bits per heavy atom. The highest BCUT2D eigenvalue weighted by Gasteiger charge is 2.67. The van der Waals surface area contributed by atoms with E-state index in [4.69, 9.17) is 5.73 Å². The summed E-state index contributed by atoms with van der Waals surface area (Å²) in [5.74, 6) is -0.284. The van der Waals surface area contributed by atoms with Gasteiger partial charge in [0.1, 0.15) is 0 Å². The van der Waals surface area contributed by atoms with Crippen molar-refractivity contribution in [2.45, 2.75) is 62.6 Å².